The first-order valence-electron chi connectivity index (χ1n) is 7.05. The normalized spacial score (nSPS) is 17.8. The summed E-state index contributed by atoms with van der Waals surface area (Å²) in [5.41, 5.74) is -0.240. The van der Waals surface area contributed by atoms with Crippen molar-refractivity contribution in [3.8, 4) is 0 Å². The summed E-state index contributed by atoms with van der Waals surface area (Å²) in [6.07, 6.45) is 3.62. The Bertz CT molecular complexity index is 473. The molecule has 1 saturated heterocycles. The average molecular weight is 282 g/mol. The molecule has 1 fully saturated rings. The Morgan fingerprint density at radius 1 is 1.30 bits per heavy atom. The lowest BCUT2D eigenvalue weighted by Gasteiger charge is -2.29. The molecule has 1 heterocycles. The maximum atomic E-state index is 13.5. The van der Waals surface area contributed by atoms with Gasteiger partial charge in [-0.05, 0) is 45.0 Å². The average Bonchev–Trinajstić information content (AvgIpc) is 2.42. The number of nitrogens with zero attached hydrogens (tertiary/aromatic N) is 1. The molecular weight excluding hydrogens is 262 g/mol. The number of amides is 1. The molecule has 1 aromatic rings. The van der Waals surface area contributed by atoms with Crippen LogP contribution in [0.3, 0.4) is 0 Å². The first-order chi connectivity index (χ1) is 9.58. The van der Waals surface area contributed by atoms with E-state index >= 15 is 0 Å². The molecule has 1 aromatic carbocycles. The first kappa shape index (κ1) is 14.9. The van der Waals surface area contributed by atoms with Crippen LogP contribution in [0.5, 0.6) is 0 Å². The zero-order chi connectivity index (χ0) is 14.5. The van der Waals surface area contributed by atoms with Crippen LogP contribution in [0.2, 0.25) is 0 Å². The zero-order valence-corrected chi connectivity index (χ0v) is 11.7. The van der Waals surface area contributed by atoms with E-state index < -0.39 is 17.5 Å². The van der Waals surface area contributed by atoms with Gasteiger partial charge in [-0.3, -0.25) is 4.79 Å². The van der Waals surface area contributed by atoms with Crippen molar-refractivity contribution in [2.75, 3.05) is 19.6 Å². The number of carbonyl (C=O) groups is 1. The molecule has 2 rings (SSSR count). The highest BCUT2D eigenvalue weighted by Crippen LogP contribution is 2.12. The molecule has 0 radical (unpaired) electrons. The topological polar surface area (TPSA) is 32.3 Å². The number of likely N-dealkylation sites (tertiary alicyclic amines) is 1. The molecule has 0 saturated carbocycles. The molecule has 1 N–H and O–H groups in total. The van der Waals surface area contributed by atoms with Crippen LogP contribution in [0.4, 0.5) is 8.78 Å². The smallest absolute Gasteiger partial charge is 0.254 e. The van der Waals surface area contributed by atoms with E-state index in [-0.39, 0.29) is 11.6 Å². The van der Waals surface area contributed by atoms with E-state index in [2.05, 4.69) is 10.2 Å². The lowest BCUT2D eigenvalue weighted by atomic mass is 10.1. The molecule has 20 heavy (non-hydrogen) atoms. The quantitative estimate of drug-likeness (QED) is 0.920. The van der Waals surface area contributed by atoms with Gasteiger partial charge in [0.05, 0.1) is 5.56 Å². The summed E-state index contributed by atoms with van der Waals surface area (Å²) in [5.74, 6) is -2.65. The lowest BCUT2D eigenvalue weighted by molar-refractivity contribution is 0.0920. The van der Waals surface area contributed by atoms with Crippen LogP contribution in [0.1, 0.15) is 36.5 Å². The molecule has 1 aliphatic heterocycles. The highest BCUT2D eigenvalue weighted by Gasteiger charge is 2.18. The second-order valence-electron chi connectivity index (χ2n) is 5.34. The van der Waals surface area contributed by atoms with Gasteiger partial charge in [-0.15, -0.1) is 0 Å². The minimum atomic E-state index is -1.09. The van der Waals surface area contributed by atoms with Gasteiger partial charge in [-0.2, -0.15) is 0 Å². The van der Waals surface area contributed by atoms with Crippen LogP contribution >= 0.6 is 0 Å². The van der Waals surface area contributed by atoms with Gasteiger partial charge in [-0.25, -0.2) is 8.78 Å². The molecule has 1 amide bonds. The summed E-state index contributed by atoms with van der Waals surface area (Å²) in [7, 11) is 0. The number of hydrogen-bond donors (Lipinski definition) is 1. The summed E-state index contributed by atoms with van der Waals surface area (Å²) in [6, 6.07) is 3.54. The van der Waals surface area contributed by atoms with Crippen molar-refractivity contribution < 1.29 is 13.6 Å². The molecule has 0 spiro atoms. The van der Waals surface area contributed by atoms with Gasteiger partial charge in [0.25, 0.3) is 5.91 Å². The Hall–Kier alpha value is -1.49. The molecule has 110 valence electrons. The van der Waals surface area contributed by atoms with Gasteiger partial charge < -0.3 is 10.2 Å². The van der Waals surface area contributed by atoms with Crippen LogP contribution in [0.25, 0.3) is 0 Å². The Morgan fingerprint density at radius 2 is 2.00 bits per heavy atom. The Kier molecular flexibility index (Phi) is 5.06. The molecule has 5 heteroatoms. The highest BCUT2D eigenvalue weighted by atomic mass is 19.2. The van der Waals surface area contributed by atoms with Crippen molar-refractivity contribution in [2.24, 2.45) is 0 Å². The number of carbonyl (C=O) groups excluding carboxylic acids is 1. The van der Waals surface area contributed by atoms with Gasteiger partial charge in [0.15, 0.2) is 11.6 Å². The van der Waals surface area contributed by atoms with Crippen molar-refractivity contribution in [3.05, 3.63) is 35.4 Å². The summed E-state index contributed by atoms with van der Waals surface area (Å²) < 4.78 is 26.6. The van der Waals surface area contributed by atoms with Crippen molar-refractivity contribution in [2.45, 2.75) is 32.2 Å². The second-order valence-corrected chi connectivity index (χ2v) is 5.34. The summed E-state index contributed by atoms with van der Waals surface area (Å²) in [4.78, 5) is 14.2. The fourth-order valence-corrected chi connectivity index (χ4v) is 2.56. The van der Waals surface area contributed by atoms with Crippen LogP contribution in [0, 0.1) is 11.6 Å². The second kappa shape index (κ2) is 6.79. The largest absolute Gasteiger partial charge is 0.348 e. The number of halogens is 2. The standard InChI is InChI=1S/C15H20F2N2O/c1-11(10-19-8-3-2-4-9-19)18-15(20)12-6-5-7-13(16)14(12)17/h5-7,11H,2-4,8-10H2,1H3,(H,18,20). The fourth-order valence-electron chi connectivity index (χ4n) is 2.56. The monoisotopic (exact) mass is 282 g/mol. The third-order valence-electron chi connectivity index (χ3n) is 3.55. The number of hydrogen-bond acceptors (Lipinski definition) is 2. The van der Waals surface area contributed by atoms with Crippen molar-refractivity contribution in [1.82, 2.24) is 10.2 Å². The van der Waals surface area contributed by atoms with Gasteiger partial charge in [0, 0.05) is 12.6 Å². The summed E-state index contributed by atoms with van der Waals surface area (Å²) in [6.45, 7) is 4.69. The maximum absolute atomic E-state index is 13.5. The van der Waals surface area contributed by atoms with Gasteiger partial charge >= 0.3 is 0 Å². The van der Waals surface area contributed by atoms with Crippen molar-refractivity contribution in [1.29, 1.82) is 0 Å². The minimum Gasteiger partial charge on any atom is -0.348 e. The predicted molar refractivity (Wildman–Crippen MR) is 73.6 cm³/mol. The van der Waals surface area contributed by atoms with E-state index in [1.807, 2.05) is 6.92 Å². The SMILES string of the molecule is CC(CN1CCCCC1)NC(=O)c1cccc(F)c1F. The van der Waals surface area contributed by atoms with Crippen LogP contribution in [0.15, 0.2) is 18.2 Å². The van der Waals surface area contributed by atoms with E-state index in [4.69, 9.17) is 0 Å². The van der Waals surface area contributed by atoms with Crippen molar-refractivity contribution >= 4 is 5.91 Å². The Labute approximate surface area is 118 Å². The van der Waals surface area contributed by atoms with E-state index in [0.29, 0.717) is 0 Å². The minimum absolute atomic E-state index is 0.0942. The van der Waals surface area contributed by atoms with E-state index in [1.54, 1.807) is 0 Å². The molecule has 1 aliphatic rings. The summed E-state index contributed by atoms with van der Waals surface area (Å²) >= 11 is 0. The van der Waals surface area contributed by atoms with Gasteiger partial charge in [0.1, 0.15) is 0 Å². The first-order valence-corrected chi connectivity index (χ1v) is 7.05. The van der Waals surface area contributed by atoms with Crippen molar-refractivity contribution in [3.63, 3.8) is 0 Å². The van der Waals surface area contributed by atoms with Crippen LogP contribution in [-0.4, -0.2) is 36.5 Å². The summed E-state index contributed by atoms with van der Waals surface area (Å²) in [5, 5.41) is 2.72. The number of piperidine rings is 1. The number of nitrogens with one attached hydrogen (secondary N) is 1. The van der Waals surface area contributed by atoms with E-state index in [0.717, 1.165) is 25.7 Å². The fraction of sp³-hybridized carbons (Fsp3) is 0.533. The number of rotatable bonds is 4. The molecule has 3 nitrogen and oxygen atoms in total. The highest BCUT2D eigenvalue weighted by molar-refractivity contribution is 5.94. The Balaban J connectivity index is 1.91. The Morgan fingerprint density at radius 3 is 2.70 bits per heavy atom. The van der Waals surface area contributed by atoms with E-state index in [1.165, 1.54) is 31.4 Å². The van der Waals surface area contributed by atoms with Gasteiger partial charge in [0.2, 0.25) is 0 Å². The number of benzene rings is 1. The molecular formula is C15H20F2N2O. The third kappa shape index (κ3) is 3.76. The van der Waals surface area contributed by atoms with Crippen LogP contribution < -0.4 is 5.32 Å². The van der Waals surface area contributed by atoms with Gasteiger partial charge in [-0.1, -0.05) is 12.5 Å². The zero-order valence-electron chi connectivity index (χ0n) is 11.7. The third-order valence-corrected chi connectivity index (χ3v) is 3.55. The lowest BCUT2D eigenvalue weighted by Crippen LogP contribution is -2.43. The maximum Gasteiger partial charge on any atom is 0.254 e. The molecule has 1 atom stereocenters. The molecule has 0 bridgehead atoms. The molecule has 1 unspecified atom stereocenters. The molecule has 0 aliphatic carbocycles. The van der Waals surface area contributed by atoms with Crippen LogP contribution in [-0.2, 0) is 0 Å². The predicted octanol–water partition coefficient (Wildman–Crippen LogP) is 2.57. The molecule has 0 aromatic heterocycles. The van der Waals surface area contributed by atoms with E-state index in [9.17, 15) is 13.6 Å².